The maximum absolute atomic E-state index is 11.2. The van der Waals surface area contributed by atoms with Crippen LogP contribution in [0.2, 0.25) is 0 Å². The minimum atomic E-state index is -0.339. The van der Waals surface area contributed by atoms with Crippen LogP contribution < -0.4 is 11.1 Å². The van der Waals surface area contributed by atoms with Crippen molar-refractivity contribution in [1.29, 1.82) is 0 Å². The summed E-state index contributed by atoms with van der Waals surface area (Å²) in [6.45, 7) is 0.301. The van der Waals surface area contributed by atoms with Crippen LogP contribution in [-0.4, -0.2) is 24.9 Å². The SMILES string of the molecule is CN=C(NC)c1ccc(CCc2ccc(CN)cc2[N+](=O)[O-])cc1. The van der Waals surface area contributed by atoms with E-state index in [2.05, 4.69) is 10.3 Å². The maximum Gasteiger partial charge on any atom is 0.272 e. The average Bonchev–Trinajstić information content (AvgIpc) is 2.61. The van der Waals surface area contributed by atoms with Gasteiger partial charge in [-0.2, -0.15) is 0 Å². The first kappa shape index (κ1) is 17.6. The van der Waals surface area contributed by atoms with Crippen LogP contribution in [0, 0.1) is 10.1 Å². The minimum Gasteiger partial charge on any atom is -0.373 e. The summed E-state index contributed by atoms with van der Waals surface area (Å²) in [5, 5.41) is 14.3. The van der Waals surface area contributed by atoms with Crippen molar-refractivity contribution in [3.8, 4) is 0 Å². The quantitative estimate of drug-likeness (QED) is 0.369. The molecule has 0 spiro atoms. The first-order chi connectivity index (χ1) is 11.6. The summed E-state index contributed by atoms with van der Waals surface area (Å²) in [7, 11) is 3.57. The molecule has 2 rings (SSSR count). The Hall–Kier alpha value is -2.73. The lowest BCUT2D eigenvalue weighted by Gasteiger charge is -2.08. The number of nitro groups is 1. The second-order valence-electron chi connectivity index (χ2n) is 5.44. The number of hydrogen-bond donors (Lipinski definition) is 2. The van der Waals surface area contributed by atoms with Gasteiger partial charge in [-0.1, -0.05) is 36.4 Å². The highest BCUT2D eigenvalue weighted by molar-refractivity contribution is 5.98. The van der Waals surface area contributed by atoms with E-state index in [1.54, 1.807) is 19.2 Å². The summed E-state index contributed by atoms with van der Waals surface area (Å²) in [4.78, 5) is 15.1. The number of hydrogen-bond acceptors (Lipinski definition) is 4. The minimum absolute atomic E-state index is 0.144. The molecule has 0 unspecified atom stereocenters. The molecule has 6 heteroatoms. The molecule has 0 fully saturated rings. The van der Waals surface area contributed by atoms with Crippen LogP contribution >= 0.6 is 0 Å². The Morgan fingerprint density at radius 3 is 2.38 bits per heavy atom. The van der Waals surface area contributed by atoms with E-state index >= 15 is 0 Å². The number of nitrogens with two attached hydrogens (primary N) is 1. The van der Waals surface area contributed by atoms with Gasteiger partial charge in [0.05, 0.1) is 4.92 Å². The zero-order valence-corrected chi connectivity index (χ0v) is 14.0. The molecule has 2 aromatic rings. The van der Waals surface area contributed by atoms with Crippen LogP contribution in [-0.2, 0) is 19.4 Å². The normalized spacial score (nSPS) is 11.4. The van der Waals surface area contributed by atoms with Crippen molar-refractivity contribution >= 4 is 11.5 Å². The Morgan fingerprint density at radius 1 is 1.17 bits per heavy atom. The number of nitrogens with one attached hydrogen (secondary N) is 1. The number of amidine groups is 1. The van der Waals surface area contributed by atoms with Crippen molar-refractivity contribution in [1.82, 2.24) is 5.32 Å². The molecule has 0 aromatic heterocycles. The van der Waals surface area contributed by atoms with E-state index in [9.17, 15) is 10.1 Å². The molecule has 0 aliphatic carbocycles. The topological polar surface area (TPSA) is 93.5 Å². The molecule has 0 radical (unpaired) electrons. The summed E-state index contributed by atoms with van der Waals surface area (Å²) in [6.07, 6.45) is 1.35. The van der Waals surface area contributed by atoms with Gasteiger partial charge >= 0.3 is 0 Å². The summed E-state index contributed by atoms with van der Waals surface area (Å²) in [5.74, 6) is 0.828. The van der Waals surface area contributed by atoms with Gasteiger partial charge in [0.2, 0.25) is 0 Å². The highest BCUT2D eigenvalue weighted by Gasteiger charge is 2.14. The van der Waals surface area contributed by atoms with Crippen LogP contribution in [0.1, 0.15) is 22.3 Å². The van der Waals surface area contributed by atoms with E-state index in [1.165, 1.54) is 0 Å². The second-order valence-corrected chi connectivity index (χ2v) is 5.44. The van der Waals surface area contributed by atoms with E-state index in [-0.39, 0.29) is 10.6 Å². The molecule has 0 heterocycles. The fourth-order valence-electron chi connectivity index (χ4n) is 2.61. The van der Waals surface area contributed by atoms with E-state index in [4.69, 9.17) is 5.73 Å². The fourth-order valence-corrected chi connectivity index (χ4v) is 2.61. The first-order valence-corrected chi connectivity index (χ1v) is 7.79. The predicted molar refractivity (Wildman–Crippen MR) is 96.4 cm³/mol. The number of rotatable bonds is 6. The van der Waals surface area contributed by atoms with E-state index in [0.717, 1.165) is 34.5 Å². The van der Waals surface area contributed by atoms with Crippen molar-refractivity contribution in [2.75, 3.05) is 14.1 Å². The highest BCUT2D eigenvalue weighted by atomic mass is 16.6. The third kappa shape index (κ3) is 4.17. The van der Waals surface area contributed by atoms with Gasteiger partial charge in [0, 0.05) is 37.8 Å². The molecule has 2 aromatic carbocycles. The average molecular weight is 326 g/mol. The van der Waals surface area contributed by atoms with Crippen LogP contribution in [0.25, 0.3) is 0 Å². The predicted octanol–water partition coefficient (Wildman–Crippen LogP) is 2.43. The van der Waals surface area contributed by atoms with Gasteiger partial charge in [-0.15, -0.1) is 0 Å². The molecular weight excluding hydrogens is 304 g/mol. The van der Waals surface area contributed by atoms with Crippen molar-refractivity contribution in [3.63, 3.8) is 0 Å². The Balaban J connectivity index is 2.12. The Bertz CT molecular complexity index is 739. The summed E-state index contributed by atoms with van der Waals surface area (Å²) < 4.78 is 0. The van der Waals surface area contributed by atoms with Crippen molar-refractivity contribution in [2.45, 2.75) is 19.4 Å². The molecule has 0 aliphatic rings. The van der Waals surface area contributed by atoms with E-state index in [0.29, 0.717) is 13.0 Å². The summed E-state index contributed by atoms with van der Waals surface area (Å²) >= 11 is 0. The maximum atomic E-state index is 11.2. The van der Waals surface area contributed by atoms with Gasteiger partial charge < -0.3 is 11.1 Å². The fraction of sp³-hybridized carbons (Fsp3) is 0.278. The lowest BCUT2D eigenvalue weighted by atomic mass is 10.0. The molecule has 126 valence electrons. The molecule has 0 amide bonds. The molecule has 6 nitrogen and oxygen atoms in total. The Morgan fingerprint density at radius 2 is 1.83 bits per heavy atom. The molecule has 3 N–H and O–H groups in total. The van der Waals surface area contributed by atoms with Gasteiger partial charge in [0.25, 0.3) is 5.69 Å². The molecule has 24 heavy (non-hydrogen) atoms. The third-order valence-corrected chi connectivity index (χ3v) is 3.95. The third-order valence-electron chi connectivity index (χ3n) is 3.95. The van der Waals surface area contributed by atoms with E-state index < -0.39 is 0 Å². The van der Waals surface area contributed by atoms with Crippen molar-refractivity contribution < 1.29 is 4.92 Å². The Labute approximate surface area is 141 Å². The van der Waals surface area contributed by atoms with Crippen LogP contribution in [0.3, 0.4) is 0 Å². The highest BCUT2D eigenvalue weighted by Crippen LogP contribution is 2.22. The molecule has 0 saturated heterocycles. The number of benzene rings is 2. The lowest BCUT2D eigenvalue weighted by molar-refractivity contribution is -0.385. The number of aliphatic imine (C=N–C) groups is 1. The Kier molecular flexibility index (Phi) is 6.03. The molecule has 0 aliphatic heterocycles. The molecule has 0 bridgehead atoms. The molecule has 0 atom stereocenters. The molecular formula is C18H22N4O2. The van der Waals surface area contributed by atoms with Crippen molar-refractivity contribution in [2.24, 2.45) is 10.7 Å². The van der Waals surface area contributed by atoms with Crippen LogP contribution in [0.5, 0.6) is 0 Å². The van der Waals surface area contributed by atoms with Crippen molar-refractivity contribution in [3.05, 3.63) is 74.8 Å². The lowest BCUT2D eigenvalue weighted by Crippen LogP contribution is -2.19. The number of nitro benzene ring substituents is 1. The standard InChI is InChI=1S/C18H22N4O2/c1-20-18(21-2)16-9-4-13(5-10-16)3-7-15-8-6-14(12-19)11-17(15)22(23)24/h4-6,8-11H,3,7,12,19H2,1-2H3,(H,20,21). The first-order valence-electron chi connectivity index (χ1n) is 7.79. The molecule has 0 saturated carbocycles. The zero-order valence-electron chi connectivity index (χ0n) is 14.0. The summed E-state index contributed by atoms with van der Waals surface area (Å²) in [6, 6.07) is 13.3. The van der Waals surface area contributed by atoms with Gasteiger partial charge in [-0.25, -0.2) is 0 Å². The van der Waals surface area contributed by atoms with Crippen LogP contribution in [0.15, 0.2) is 47.5 Å². The zero-order chi connectivity index (χ0) is 17.5. The van der Waals surface area contributed by atoms with E-state index in [1.807, 2.05) is 37.4 Å². The second kappa shape index (κ2) is 8.21. The largest absolute Gasteiger partial charge is 0.373 e. The van der Waals surface area contributed by atoms with Gasteiger partial charge in [0.1, 0.15) is 5.84 Å². The van der Waals surface area contributed by atoms with Crippen LogP contribution in [0.4, 0.5) is 5.69 Å². The smallest absolute Gasteiger partial charge is 0.272 e. The number of nitrogens with zero attached hydrogens (tertiary/aromatic N) is 2. The number of aryl methyl sites for hydroxylation is 2. The monoisotopic (exact) mass is 326 g/mol. The van der Waals surface area contributed by atoms with Gasteiger partial charge in [-0.05, 0) is 24.0 Å². The van der Waals surface area contributed by atoms with Gasteiger partial charge in [0.15, 0.2) is 0 Å². The summed E-state index contributed by atoms with van der Waals surface area (Å²) in [5.41, 5.74) is 9.35. The van der Waals surface area contributed by atoms with Gasteiger partial charge in [-0.3, -0.25) is 15.1 Å².